The Kier molecular flexibility index (Phi) is 19.9. The third-order valence-corrected chi connectivity index (χ3v) is 14.2. The number of nitrogens with one attached hydrogen (secondary N) is 2. The van der Waals surface area contributed by atoms with E-state index < -0.39 is 52.6 Å². The number of nitrogens with two attached hydrogens (primary N) is 2. The third-order valence-electron chi connectivity index (χ3n) is 14.2. The standard InChI is InChI=1S/C31H32F6N2O2.C17H11F3N2O2.C10H13F3N2/c1-7-26(40)38-23-12-8-21(9-13-23)29(6,31(35,36)37)22-10-14-24(15-11-22)39-27(41)16-25-18(3)17(2)19(4)28(20(25)5)30(32,33)34;1-16(17(18,19)20,12-2-6-14(7-3-12)22-11-23)13-4-8-15(9-5-13)24-10-21;1-4-7(10(11,12)13)5(2)9(15)6(3)8(4)14/h8-15H,7,16H2,1-6H3,(H,38,40)(H,39,41);2-9H,1H3;14-15H2,1-3H3. The monoisotopic (exact) mass is 1130 g/mol. The summed E-state index contributed by atoms with van der Waals surface area (Å²) in [4.78, 5) is 38.0. The highest BCUT2D eigenvalue weighted by Crippen LogP contribution is 2.49. The molecule has 0 radical (unpaired) electrons. The van der Waals surface area contributed by atoms with Crippen LogP contribution in [0, 0.1) is 60.0 Å². The normalized spacial score (nSPS) is 13.1. The molecule has 6 aromatic rings. The average Bonchev–Trinajstić information content (AvgIpc) is 3.37. The first-order chi connectivity index (χ1) is 36.9. The molecule has 0 aliphatic heterocycles. The highest BCUT2D eigenvalue weighted by Gasteiger charge is 2.54. The summed E-state index contributed by atoms with van der Waals surface area (Å²) in [6.07, 6.45) is -15.6. The summed E-state index contributed by atoms with van der Waals surface area (Å²) in [5.74, 6) is -0.706. The first-order valence-electron chi connectivity index (χ1n) is 24.1. The Hall–Kier alpha value is -8.31. The molecular formula is C58H56F12N6O4. The van der Waals surface area contributed by atoms with E-state index in [2.05, 4.69) is 20.4 Å². The average molecular weight is 1130 g/mol. The zero-order valence-corrected chi connectivity index (χ0v) is 44.9. The van der Waals surface area contributed by atoms with Gasteiger partial charge in [0.05, 0.1) is 23.2 Å². The number of carbonyl (C=O) groups excluding carboxylic acids is 3. The van der Waals surface area contributed by atoms with Crippen molar-refractivity contribution >= 4 is 46.3 Å². The topological polar surface area (TPSA) is 173 Å². The fourth-order valence-corrected chi connectivity index (χ4v) is 8.99. The van der Waals surface area contributed by atoms with E-state index in [9.17, 15) is 67.1 Å². The number of ether oxygens (including phenoxy) is 1. The van der Waals surface area contributed by atoms with Crippen molar-refractivity contribution in [3.8, 4) is 12.0 Å². The Labute approximate surface area is 453 Å². The minimum Gasteiger partial charge on any atom is -0.398 e. The number of alkyl halides is 12. The van der Waals surface area contributed by atoms with Crippen LogP contribution in [-0.4, -0.2) is 30.2 Å². The van der Waals surface area contributed by atoms with Gasteiger partial charge in [-0.25, -0.2) is 4.79 Å². The van der Waals surface area contributed by atoms with Gasteiger partial charge in [-0.05, 0) is 178 Å². The number of nitriles is 1. The second-order valence-corrected chi connectivity index (χ2v) is 18.9. The minimum absolute atomic E-state index is 0.00574. The molecule has 80 heavy (non-hydrogen) atoms. The summed E-state index contributed by atoms with van der Waals surface area (Å²) in [5.41, 5.74) is 7.86. The quantitative estimate of drug-likeness (QED) is 0.0329. The summed E-state index contributed by atoms with van der Waals surface area (Å²) >= 11 is 0. The summed E-state index contributed by atoms with van der Waals surface area (Å²) in [6.45, 7) is 14.1. The first-order valence-corrected chi connectivity index (χ1v) is 24.1. The lowest BCUT2D eigenvalue weighted by Gasteiger charge is -2.33. The predicted molar refractivity (Wildman–Crippen MR) is 281 cm³/mol. The molecule has 2 amide bonds. The Morgan fingerprint density at radius 3 is 1.24 bits per heavy atom. The van der Waals surface area contributed by atoms with Crippen LogP contribution < -0.4 is 26.8 Å². The zero-order valence-electron chi connectivity index (χ0n) is 44.9. The largest absolute Gasteiger partial charge is 0.417 e. The minimum atomic E-state index is -4.68. The molecule has 0 spiro atoms. The van der Waals surface area contributed by atoms with E-state index in [1.165, 1.54) is 137 Å². The smallest absolute Gasteiger partial charge is 0.398 e. The molecule has 426 valence electrons. The molecule has 0 aliphatic rings. The number of isocyanates is 1. The van der Waals surface area contributed by atoms with E-state index in [0.29, 0.717) is 22.4 Å². The van der Waals surface area contributed by atoms with Crippen molar-refractivity contribution in [1.82, 2.24) is 0 Å². The first kappa shape index (κ1) is 64.2. The van der Waals surface area contributed by atoms with Gasteiger partial charge in [0.1, 0.15) is 16.6 Å². The van der Waals surface area contributed by atoms with Gasteiger partial charge in [-0.1, -0.05) is 55.5 Å². The van der Waals surface area contributed by atoms with Gasteiger partial charge in [-0.3, -0.25) is 9.59 Å². The van der Waals surface area contributed by atoms with Gasteiger partial charge in [0.25, 0.3) is 6.26 Å². The number of hydrogen-bond donors (Lipinski definition) is 4. The summed E-state index contributed by atoms with van der Waals surface area (Å²) in [6, 6.07) is 20.9. The van der Waals surface area contributed by atoms with Crippen LogP contribution in [0.4, 0.5) is 81.1 Å². The molecule has 0 heterocycles. The lowest BCUT2D eigenvalue weighted by molar-refractivity contribution is -0.173. The van der Waals surface area contributed by atoms with Crippen molar-refractivity contribution in [2.45, 2.75) is 118 Å². The van der Waals surface area contributed by atoms with Gasteiger partial charge >= 0.3 is 24.7 Å². The van der Waals surface area contributed by atoms with Gasteiger partial charge in [0.2, 0.25) is 17.9 Å². The molecule has 0 aromatic heterocycles. The Morgan fingerprint density at radius 1 is 0.525 bits per heavy atom. The van der Waals surface area contributed by atoms with Crippen LogP contribution in [0.1, 0.15) is 105 Å². The molecule has 10 nitrogen and oxygen atoms in total. The van der Waals surface area contributed by atoms with Crippen molar-refractivity contribution in [1.29, 1.82) is 5.26 Å². The number of carbonyl (C=O) groups is 2. The molecule has 0 aliphatic carbocycles. The number of aliphatic imine (C=N–C) groups is 1. The fourth-order valence-electron chi connectivity index (χ4n) is 8.99. The number of rotatable bonds is 11. The number of anilines is 4. The van der Waals surface area contributed by atoms with Crippen LogP contribution in [0.5, 0.6) is 5.75 Å². The van der Waals surface area contributed by atoms with Crippen LogP contribution in [-0.2, 0) is 44.0 Å². The molecule has 6 N–H and O–H groups in total. The number of amides is 2. The van der Waals surface area contributed by atoms with Crippen molar-refractivity contribution in [3.63, 3.8) is 0 Å². The van der Waals surface area contributed by atoms with Crippen molar-refractivity contribution in [2.24, 2.45) is 4.99 Å². The maximum atomic E-state index is 14.4. The van der Waals surface area contributed by atoms with E-state index in [1.807, 2.05) is 0 Å². The molecule has 6 rings (SSSR count). The second-order valence-electron chi connectivity index (χ2n) is 18.9. The number of benzene rings is 6. The van der Waals surface area contributed by atoms with Crippen LogP contribution in [0.15, 0.2) is 102 Å². The van der Waals surface area contributed by atoms with Crippen molar-refractivity contribution < 1.29 is 71.8 Å². The molecule has 6 aromatic carbocycles. The van der Waals surface area contributed by atoms with E-state index in [0.717, 1.165) is 13.8 Å². The van der Waals surface area contributed by atoms with E-state index in [4.69, 9.17) is 16.7 Å². The van der Waals surface area contributed by atoms with E-state index in [1.54, 1.807) is 27.7 Å². The lowest BCUT2D eigenvalue weighted by atomic mass is 9.75. The number of hydrogen-bond acceptors (Lipinski definition) is 8. The number of nitrogens with zero attached hydrogens (tertiary/aromatic N) is 2. The Bertz CT molecular complexity index is 3280. The summed E-state index contributed by atoms with van der Waals surface area (Å²) in [5, 5.41) is 13.6. The van der Waals surface area contributed by atoms with Crippen LogP contribution >= 0.6 is 0 Å². The van der Waals surface area contributed by atoms with Crippen LogP contribution in [0.2, 0.25) is 0 Å². The zero-order chi connectivity index (χ0) is 60.7. The Morgan fingerprint density at radius 2 is 0.887 bits per heavy atom. The SMILES string of the molecule is CC(c1ccc(N=C=O)cc1)(c1ccc(OC#N)cc1)C(F)(F)F.CCC(=O)Nc1ccc(C(C)(c2ccc(NC(=O)Cc3c(C)c(C)c(C)c(C(F)(F)F)c3C)cc2)C(F)(F)F)cc1.Cc1c(N)c(C)c(C(F)(F)F)c(C)c1N. The highest BCUT2D eigenvalue weighted by molar-refractivity contribution is 5.93. The lowest BCUT2D eigenvalue weighted by Crippen LogP contribution is -2.40. The maximum Gasteiger partial charge on any atom is 0.417 e. The maximum absolute atomic E-state index is 14.4. The van der Waals surface area contributed by atoms with Gasteiger partial charge in [0, 0.05) is 29.2 Å². The molecule has 0 bridgehead atoms. The van der Waals surface area contributed by atoms with E-state index >= 15 is 0 Å². The van der Waals surface area contributed by atoms with Gasteiger partial charge in [-0.2, -0.15) is 57.7 Å². The molecule has 22 heteroatoms. The van der Waals surface area contributed by atoms with Crippen LogP contribution in [0.25, 0.3) is 0 Å². The van der Waals surface area contributed by atoms with Crippen molar-refractivity contribution in [2.75, 3.05) is 22.1 Å². The molecular weight excluding hydrogens is 1070 g/mol. The highest BCUT2D eigenvalue weighted by atomic mass is 19.4. The molecule has 2 atom stereocenters. The van der Waals surface area contributed by atoms with Gasteiger partial charge in [0.15, 0.2) is 0 Å². The van der Waals surface area contributed by atoms with Crippen LogP contribution in [0.3, 0.4) is 0 Å². The predicted octanol–water partition coefficient (Wildman–Crippen LogP) is 15.5. The Balaban J connectivity index is 0.000000295. The third kappa shape index (κ3) is 13.9. The molecule has 0 saturated heterocycles. The second kappa shape index (κ2) is 24.8. The fraction of sp³-hybridized carbons (Fsp3) is 0.310. The molecule has 0 fully saturated rings. The summed E-state index contributed by atoms with van der Waals surface area (Å²) in [7, 11) is 0. The van der Waals surface area contributed by atoms with Gasteiger partial charge in [-0.15, -0.1) is 5.26 Å². The number of nitrogen functional groups attached to an aromatic ring is 2. The molecule has 2 unspecified atom stereocenters. The van der Waals surface area contributed by atoms with Crippen molar-refractivity contribution in [3.05, 3.63) is 175 Å². The number of halogens is 12. The molecule has 0 saturated carbocycles. The van der Waals surface area contributed by atoms with Gasteiger partial charge < -0.3 is 26.8 Å². The van der Waals surface area contributed by atoms with E-state index in [-0.39, 0.29) is 97.3 Å². The summed E-state index contributed by atoms with van der Waals surface area (Å²) < 4.78 is 168.